The highest BCUT2D eigenvalue weighted by Gasteiger charge is 2.15. The van der Waals surface area contributed by atoms with Gasteiger partial charge in [-0.15, -0.1) is 0 Å². The smallest absolute Gasteiger partial charge is 0.204 e. The van der Waals surface area contributed by atoms with E-state index in [4.69, 9.17) is 4.42 Å². The van der Waals surface area contributed by atoms with Crippen LogP contribution >= 0.6 is 0 Å². The lowest BCUT2D eigenvalue weighted by Gasteiger charge is -2.07. The largest absolute Gasteiger partial charge is 0.453 e. The average molecular weight is 282 g/mol. The number of fused-ring (bicyclic) bond motifs is 1. The van der Waals surface area contributed by atoms with Crippen LogP contribution in [-0.2, 0) is 6.42 Å². The van der Waals surface area contributed by atoms with Gasteiger partial charge in [0.2, 0.25) is 5.78 Å². The summed E-state index contributed by atoms with van der Waals surface area (Å²) in [6.45, 7) is 4.23. The van der Waals surface area contributed by atoms with E-state index in [1.54, 1.807) is 6.07 Å². The Morgan fingerprint density at radius 1 is 1.33 bits per heavy atom. The van der Waals surface area contributed by atoms with Crippen molar-refractivity contribution in [1.29, 1.82) is 0 Å². The van der Waals surface area contributed by atoms with Crippen molar-refractivity contribution in [3.63, 3.8) is 0 Å². The molecule has 21 heavy (non-hydrogen) atoms. The molecule has 0 saturated carbocycles. The van der Waals surface area contributed by atoms with E-state index in [0.717, 1.165) is 23.1 Å². The van der Waals surface area contributed by atoms with Gasteiger partial charge in [-0.3, -0.25) is 9.48 Å². The Kier molecular flexibility index (Phi) is 3.60. The molecule has 0 saturated heterocycles. The molecule has 0 fully saturated rings. The van der Waals surface area contributed by atoms with Gasteiger partial charge in [-0.1, -0.05) is 25.1 Å². The van der Waals surface area contributed by atoms with Crippen LogP contribution in [-0.4, -0.2) is 15.6 Å². The third-order valence-electron chi connectivity index (χ3n) is 3.75. The molecule has 0 aliphatic carbocycles. The Morgan fingerprint density at radius 3 is 2.90 bits per heavy atom. The molecule has 2 heterocycles. The molecule has 0 spiro atoms. The highest BCUT2D eigenvalue weighted by molar-refractivity contribution is 5.98. The number of para-hydroxylation sites is 1. The van der Waals surface area contributed by atoms with Crippen molar-refractivity contribution in [2.75, 3.05) is 0 Å². The fraction of sp³-hybridized carbons (Fsp3) is 0.294. The molecule has 0 N–H and O–H groups in total. The van der Waals surface area contributed by atoms with E-state index in [1.807, 2.05) is 41.2 Å². The summed E-state index contributed by atoms with van der Waals surface area (Å²) in [6.07, 6.45) is 3.21. The number of carbonyl (C=O) groups is 1. The van der Waals surface area contributed by atoms with Crippen molar-refractivity contribution in [2.45, 2.75) is 32.7 Å². The number of Topliss-reactive ketones (excluding diaryl/α,β-unsaturated/α-hetero) is 1. The molecule has 4 heteroatoms. The summed E-state index contributed by atoms with van der Waals surface area (Å²) >= 11 is 0. The summed E-state index contributed by atoms with van der Waals surface area (Å²) in [5, 5.41) is 5.40. The Balaban J connectivity index is 1.78. The summed E-state index contributed by atoms with van der Waals surface area (Å²) < 4.78 is 7.50. The summed E-state index contributed by atoms with van der Waals surface area (Å²) in [6, 6.07) is 11.7. The van der Waals surface area contributed by atoms with E-state index in [0.29, 0.717) is 11.8 Å². The topological polar surface area (TPSA) is 48.0 Å². The predicted octanol–water partition coefficient (Wildman–Crippen LogP) is 4.03. The minimum absolute atomic E-state index is 0.0411. The second kappa shape index (κ2) is 5.56. The lowest BCUT2D eigenvalue weighted by atomic mass is 10.1. The van der Waals surface area contributed by atoms with Crippen LogP contribution in [0.3, 0.4) is 0 Å². The number of benzene rings is 1. The van der Waals surface area contributed by atoms with Crippen LogP contribution < -0.4 is 0 Å². The van der Waals surface area contributed by atoms with Crippen molar-refractivity contribution < 1.29 is 9.21 Å². The SMILES string of the molecule is CCC(C)n1ccc(CC(=O)c2cc3ccccc3o2)n1. The molecule has 0 amide bonds. The Labute approximate surface area is 123 Å². The molecule has 0 aliphatic rings. The molecule has 2 aromatic heterocycles. The number of nitrogens with zero attached hydrogens (tertiary/aromatic N) is 2. The maximum atomic E-state index is 12.3. The van der Waals surface area contributed by atoms with Crippen LogP contribution in [0.2, 0.25) is 0 Å². The van der Waals surface area contributed by atoms with Gasteiger partial charge in [-0.25, -0.2) is 0 Å². The van der Waals surface area contributed by atoms with Gasteiger partial charge in [0, 0.05) is 17.6 Å². The molecule has 108 valence electrons. The lowest BCUT2D eigenvalue weighted by molar-refractivity contribution is 0.0967. The summed E-state index contributed by atoms with van der Waals surface area (Å²) in [4.78, 5) is 12.3. The van der Waals surface area contributed by atoms with Gasteiger partial charge in [0.15, 0.2) is 5.76 Å². The second-order valence-corrected chi connectivity index (χ2v) is 5.29. The van der Waals surface area contributed by atoms with Gasteiger partial charge >= 0.3 is 0 Å². The molecular weight excluding hydrogens is 264 g/mol. The first-order valence-electron chi connectivity index (χ1n) is 7.23. The molecular formula is C17H18N2O2. The molecule has 4 nitrogen and oxygen atoms in total. The zero-order valence-electron chi connectivity index (χ0n) is 12.2. The van der Waals surface area contributed by atoms with E-state index in [-0.39, 0.29) is 12.2 Å². The summed E-state index contributed by atoms with van der Waals surface area (Å²) in [5.41, 5.74) is 1.52. The maximum absolute atomic E-state index is 12.3. The molecule has 1 atom stereocenters. The van der Waals surface area contributed by atoms with Crippen LogP contribution in [0.25, 0.3) is 11.0 Å². The van der Waals surface area contributed by atoms with E-state index in [2.05, 4.69) is 18.9 Å². The van der Waals surface area contributed by atoms with Crippen molar-refractivity contribution in [3.05, 3.63) is 54.0 Å². The number of furan rings is 1. The van der Waals surface area contributed by atoms with Crippen LogP contribution in [0.5, 0.6) is 0 Å². The van der Waals surface area contributed by atoms with Gasteiger partial charge in [0.1, 0.15) is 5.58 Å². The second-order valence-electron chi connectivity index (χ2n) is 5.29. The Bertz CT molecular complexity index is 737. The zero-order chi connectivity index (χ0) is 14.8. The van der Waals surface area contributed by atoms with Crippen molar-refractivity contribution in [1.82, 2.24) is 9.78 Å². The van der Waals surface area contributed by atoms with Crippen LogP contribution in [0, 0.1) is 0 Å². The number of rotatable bonds is 5. The lowest BCUT2D eigenvalue weighted by Crippen LogP contribution is -2.07. The number of aromatic nitrogens is 2. The van der Waals surface area contributed by atoms with Gasteiger partial charge in [0.25, 0.3) is 0 Å². The normalized spacial score (nSPS) is 12.7. The molecule has 1 aromatic carbocycles. The highest BCUT2D eigenvalue weighted by atomic mass is 16.3. The van der Waals surface area contributed by atoms with Gasteiger partial charge in [-0.05, 0) is 31.5 Å². The third-order valence-corrected chi connectivity index (χ3v) is 3.75. The molecule has 0 aliphatic heterocycles. The van der Waals surface area contributed by atoms with Gasteiger partial charge < -0.3 is 4.42 Å². The van der Waals surface area contributed by atoms with E-state index < -0.39 is 0 Å². The molecule has 3 rings (SSSR count). The average Bonchev–Trinajstić information content (AvgIpc) is 3.12. The molecule has 1 unspecified atom stereocenters. The fourth-order valence-corrected chi connectivity index (χ4v) is 2.28. The first kappa shape index (κ1) is 13.6. The van der Waals surface area contributed by atoms with E-state index in [9.17, 15) is 4.79 Å². The van der Waals surface area contributed by atoms with Gasteiger partial charge in [0.05, 0.1) is 12.1 Å². The van der Waals surface area contributed by atoms with E-state index in [1.165, 1.54) is 0 Å². The predicted molar refractivity (Wildman–Crippen MR) is 81.5 cm³/mol. The quantitative estimate of drug-likeness (QED) is 0.664. The fourth-order valence-electron chi connectivity index (χ4n) is 2.28. The maximum Gasteiger partial charge on any atom is 0.204 e. The molecule has 3 aromatic rings. The Hall–Kier alpha value is -2.36. The van der Waals surface area contributed by atoms with Crippen molar-refractivity contribution >= 4 is 16.8 Å². The molecule has 0 bridgehead atoms. The minimum Gasteiger partial charge on any atom is -0.453 e. The monoisotopic (exact) mass is 282 g/mol. The first-order valence-corrected chi connectivity index (χ1v) is 7.23. The zero-order valence-corrected chi connectivity index (χ0v) is 12.2. The van der Waals surface area contributed by atoms with Gasteiger partial charge in [-0.2, -0.15) is 5.10 Å². The molecule has 0 radical (unpaired) electrons. The van der Waals surface area contributed by atoms with Crippen LogP contribution in [0.15, 0.2) is 47.0 Å². The van der Waals surface area contributed by atoms with E-state index >= 15 is 0 Å². The van der Waals surface area contributed by atoms with Crippen molar-refractivity contribution in [2.24, 2.45) is 0 Å². The highest BCUT2D eigenvalue weighted by Crippen LogP contribution is 2.20. The number of hydrogen-bond donors (Lipinski definition) is 0. The van der Waals surface area contributed by atoms with Crippen LogP contribution in [0.1, 0.15) is 42.6 Å². The summed E-state index contributed by atoms with van der Waals surface area (Å²) in [7, 11) is 0. The number of carbonyl (C=O) groups excluding carboxylic acids is 1. The first-order chi connectivity index (χ1) is 10.2. The Morgan fingerprint density at radius 2 is 2.14 bits per heavy atom. The van der Waals surface area contributed by atoms with Crippen LogP contribution in [0.4, 0.5) is 0 Å². The minimum atomic E-state index is -0.0411. The number of ketones is 1. The number of hydrogen-bond acceptors (Lipinski definition) is 3. The standard InChI is InChI=1S/C17H18N2O2/c1-3-12(2)19-9-8-14(18-19)11-15(20)17-10-13-6-4-5-7-16(13)21-17/h4-10,12H,3,11H2,1-2H3. The summed E-state index contributed by atoms with van der Waals surface area (Å²) in [5.74, 6) is 0.356. The van der Waals surface area contributed by atoms with Crippen molar-refractivity contribution in [3.8, 4) is 0 Å². The third kappa shape index (κ3) is 2.75.